The van der Waals surface area contributed by atoms with E-state index in [1.807, 2.05) is 30.3 Å². The van der Waals surface area contributed by atoms with Gasteiger partial charge in [0.2, 0.25) is 0 Å². The van der Waals surface area contributed by atoms with E-state index < -0.39 is 18.0 Å². The number of ether oxygens (including phenoxy) is 2. The van der Waals surface area contributed by atoms with Gasteiger partial charge in [-0.2, -0.15) is 0 Å². The lowest BCUT2D eigenvalue weighted by atomic mass is 10.2. The fraction of sp³-hybridized carbons (Fsp3) is 0.429. The second-order valence-corrected chi connectivity index (χ2v) is 4.08. The fourth-order valence-corrected chi connectivity index (χ4v) is 1.32. The van der Waals surface area contributed by atoms with Crippen LogP contribution in [0.3, 0.4) is 0 Å². The van der Waals surface area contributed by atoms with Crippen LogP contribution < -0.4 is 5.73 Å². The molecule has 0 spiro atoms. The summed E-state index contributed by atoms with van der Waals surface area (Å²) in [6.45, 7) is 2.02. The van der Waals surface area contributed by atoms with E-state index >= 15 is 0 Å². The molecule has 0 aliphatic heterocycles. The van der Waals surface area contributed by atoms with Gasteiger partial charge in [-0.05, 0) is 12.0 Å². The van der Waals surface area contributed by atoms with E-state index in [2.05, 4.69) is 0 Å². The van der Waals surface area contributed by atoms with E-state index in [1.165, 1.54) is 0 Å². The van der Waals surface area contributed by atoms with E-state index in [0.29, 0.717) is 6.42 Å². The number of carbonyl (C=O) groups excluding carboxylic acids is 2. The summed E-state index contributed by atoms with van der Waals surface area (Å²) >= 11 is 0. The van der Waals surface area contributed by atoms with E-state index in [0.717, 1.165) is 5.56 Å². The summed E-state index contributed by atoms with van der Waals surface area (Å²) in [6, 6.07) is 8.75. The van der Waals surface area contributed by atoms with Crippen LogP contribution in [0.5, 0.6) is 0 Å². The number of benzene rings is 1. The molecular formula is C14H19NO4. The van der Waals surface area contributed by atoms with Crippen LogP contribution in [0.25, 0.3) is 0 Å². The zero-order valence-corrected chi connectivity index (χ0v) is 11.0. The summed E-state index contributed by atoms with van der Waals surface area (Å²) in [5.74, 6) is -0.889. The predicted molar refractivity (Wildman–Crippen MR) is 70.1 cm³/mol. The third kappa shape index (κ3) is 6.01. The normalized spacial score (nSPS) is 11.7. The Labute approximate surface area is 112 Å². The SMILES string of the molecule is CCC(N)C(=O)OCCC(=O)OCc1ccccc1. The number of carbonyl (C=O) groups is 2. The number of nitrogens with two attached hydrogens (primary N) is 1. The average molecular weight is 265 g/mol. The summed E-state index contributed by atoms with van der Waals surface area (Å²) in [6.07, 6.45) is 0.548. The molecule has 19 heavy (non-hydrogen) atoms. The van der Waals surface area contributed by atoms with Crippen molar-refractivity contribution in [1.82, 2.24) is 0 Å². The van der Waals surface area contributed by atoms with E-state index in [4.69, 9.17) is 15.2 Å². The van der Waals surface area contributed by atoms with Gasteiger partial charge in [0.15, 0.2) is 0 Å². The van der Waals surface area contributed by atoms with Crippen LogP contribution in [-0.4, -0.2) is 24.6 Å². The summed E-state index contributed by atoms with van der Waals surface area (Å²) in [7, 11) is 0. The lowest BCUT2D eigenvalue weighted by molar-refractivity contribution is -0.150. The first kappa shape index (κ1) is 15.2. The molecule has 0 saturated heterocycles. The Morgan fingerprint density at radius 3 is 2.53 bits per heavy atom. The first-order valence-electron chi connectivity index (χ1n) is 6.25. The van der Waals surface area contributed by atoms with Gasteiger partial charge in [-0.25, -0.2) is 0 Å². The monoisotopic (exact) mass is 265 g/mol. The molecule has 0 aliphatic carbocycles. The second kappa shape index (κ2) is 8.26. The molecule has 1 atom stereocenters. The van der Waals surface area contributed by atoms with Gasteiger partial charge in [-0.15, -0.1) is 0 Å². The maximum absolute atomic E-state index is 11.4. The van der Waals surface area contributed by atoms with Gasteiger partial charge in [0.05, 0.1) is 6.42 Å². The predicted octanol–water partition coefficient (Wildman–Crippen LogP) is 1.40. The number of hydrogen-bond acceptors (Lipinski definition) is 5. The molecule has 0 aromatic heterocycles. The van der Waals surface area contributed by atoms with Crippen molar-refractivity contribution in [2.75, 3.05) is 6.61 Å². The molecule has 0 amide bonds. The van der Waals surface area contributed by atoms with Crippen molar-refractivity contribution in [3.05, 3.63) is 35.9 Å². The summed E-state index contributed by atoms with van der Waals surface area (Å²) in [4.78, 5) is 22.6. The van der Waals surface area contributed by atoms with Gasteiger partial charge in [0.1, 0.15) is 19.3 Å². The van der Waals surface area contributed by atoms with Crippen molar-refractivity contribution in [2.45, 2.75) is 32.4 Å². The van der Waals surface area contributed by atoms with Gasteiger partial charge in [-0.1, -0.05) is 37.3 Å². The lowest BCUT2D eigenvalue weighted by Crippen LogP contribution is -2.31. The molecule has 1 aromatic rings. The molecule has 1 rings (SSSR count). The lowest BCUT2D eigenvalue weighted by Gasteiger charge is -2.09. The Morgan fingerprint density at radius 1 is 1.21 bits per heavy atom. The van der Waals surface area contributed by atoms with Crippen LogP contribution in [0.2, 0.25) is 0 Å². The van der Waals surface area contributed by atoms with Crippen molar-refractivity contribution in [2.24, 2.45) is 5.73 Å². The highest BCUT2D eigenvalue weighted by atomic mass is 16.5. The molecule has 0 fully saturated rings. The first-order valence-corrected chi connectivity index (χ1v) is 6.25. The molecule has 0 aliphatic rings. The van der Waals surface area contributed by atoms with Gasteiger partial charge in [0, 0.05) is 0 Å². The van der Waals surface area contributed by atoms with Crippen molar-refractivity contribution in [3.8, 4) is 0 Å². The highest BCUT2D eigenvalue weighted by Crippen LogP contribution is 2.02. The number of rotatable bonds is 7. The van der Waals surface area contributed by atoms with Gasteiger partial charge in [-0.3, -0.25) is 9.59 Å². The Morgan fingerprint density at radius 2 is 1.89 bits per heavy atom. The van der Waals surface area contributed by atoms with Crippen LogP contribution in [0.1, 0.15) is 25.3 Å². The minimum absolute atomic E-state index is 0.000155. The van der Waals surface area contributed by atoms with Crippen molar-refractivity contribution >= 4 is 11.9 Å². The molecule has 1 aromatic carbocycles. The summed E-state index contributed by atoms with van der Waals surface area (Å²) in [5, 5.41) is 0. The average Bonchev–Trinajstić information content (AvgIpc) is 2.45. The van der Waals surface area contributed by atoms with Gasteiger partial charge in [0.25, 0.3) is 0 Å². The Kier molecular flexibility index (Phi) is 6.60. The quantitative estimate of drug-likeness (QED) is 0.754. The minimum atomic E-state index is -0.625. The van der Waals surface area contributed by atoms with Crippen molar-refractivity contribution in [1.29, 1.82) is 0 Å². The Balaban J connectivity index is 2.17. The van der Waals surface area contributed by atoms with E-state index in [-0.39, 0.29) is 19.6 Å². The maximum Gasteiger partial charge on any atom is 0.322 e. The van der Waals surface area contributed by atoms with Gasteiger partial charge >= 0.3 is 11.9 Å². The summed E-state index contributed by atoms with van der Waals surface area (Å²) in [5.41, 5.74) is 6.39. The molecule has 5 nitrogen and oxygen atoms in total. The maximum atomic E-state index is 11.4. The molecule has 2 N–H and O–H groups in total. The molecule has 104 valence electrons. The Hall–Kier alpha value is -1.88. The number of hydrogen-bond donors (Lipinski definition) is 1. The molecule has 5 heteroatoms. The zero-order chi connectivity index (χ0) is 14.1. The smallest absolute Gasteiger partial charge is 0.322 e. The molecular weight excluding hydrogens is 246 g/mol. The van der Waals surface area contributed by atoms with E-state index in [9.17, 15) is 9.59 Å². The highest BCUT2D eigenvalue weighted by molar-refractivity contribution is 5.76. The van der Waals surface area contributed by atoms with Crippen LogP contribution >= 0.6 is 0 Å². The fourth-order valence-electron chi connectivity index (χ4n) is 1.32. The molecule has 0 saturated carbocycles. The third-order valence-corrected chi connectivity index (χ3v) is 2.54. The molecule has 1 unspecified atom stereocenters. The molecule has 0 bridgehead atoms. The topological polar surface area (TPSA) is 78.6 Å². The van der Waals surface area contributed by atoms with Crippen LogP contribution in [-0.2, 0) is 25.7 Å². The molecule has 0 radical (unpaired) electrons. The second-order valence-electron chi connectivity index (χ2n) is 4.08. The molecule has 0 heterocycles. The Bertz CT molecular complexity index is 405. The van der Waals surface area contributed by atoms with Crippen LogP contribution in [0, 0.1) is 0 Å². The van der Waals surface area contributed by atoms with Crippen molar-refractivity contribution < 1.29 is 19.1 Å². The highest BCUT2D eigenvalue weighted by Gasteiger charge is 2.13. The summed E-state index contributed by atoms with van der Waals surface area (Å²) < 4.78 is 9.89. The first-order chi connectivity index (χ1) is 9.13. The number of esters is 2. The standard InChI is InChI=1S/C14H19NO4/c1-2-12(15)14(17)18-9-8-13(16)19-10-11-6-4-3-5-7-11/h3-7,12H,2,8-10,15H2,1H3. The van der Waals surface area contributed by atoms with Crippen LogP contribution in [0.4, 0.5) is 0 Å². The van der Waals surface area contributed by atoms with E-state index in [1.54, 1.807) is 6.92 Å². The largest absolute Gasteiger partial charge is 0.464 e. The van der Waals surface area contributed by atoms with Gasteiger partial charge < -0.3 is 15.2 Å². The van der Waals surface area contributed by atoms with Crippen molar-refractivity contribution in [3.63, 3.8) is 0 Å². The minimum Gasteiger partial charge on any atom is -0.464 e. The zero-order valence-electron chi connectivity index (χ0n) is 11.0. The third-order valence-electron chi connectivity index (χ3n) is 2.54. The van der Waals surface area contributed by atoms with Crippen LogP contribution in [0.15, 0.2) is 30.3 Å².